The fraction of sp³-hybridized carbons (Fsp3) is 0.121. The molecule has 0 saturated carbocycles. The lowest BCUT2D eigenvalue weighted by Crippen LogP contribution is -2.10. The summed E-state index contributed by atoms with van der Waals surface area (Å²) in [4.78, 5) is 15.6. The smallest absolute Gasteiger partial charge is 0.164 e. The number of nitriles is 1. The van der Waals surface area contributed by atoms with Crippen LogP contribution in [-0.2, 0) is 10.8 Å². The first kappa shape index (κ1) is 44.3. The summed E-state index contributed by atoms with van der Waals surface area (Å²) in [5.41, 5.74) is 16.4. The summed E-state index contributed by atoms with van der Waals surface area (Å²) in [6.45, 7) is 13.7. The maximum atomic E-state index is 9.81. The SMILES string of the molecule is CC(C)(C)c1ccc2c(c1)c1ccccc1n2-c1ccc(-c2ccc(C#N)cc2)cc1-c1cc(-c2nc(-c3ccccc3)nc(-c3ccccc3)n2)ccc1-n1c2ccccc2c2cc(C(C)(C)C)ccc21. The van der Waals surface area contributed by atoms with Crippen molar-refractivity contribution in [3.05, 3.63) is 223 Å². The molecule has 0 aliphatic rings. The van der Waals surface area contributed by atoms with E-state index in [0.717, 1.165) is 72.4 Å². The first-order valence-electron chi connectivity index (χ1n) is 24.7. The van der Waals surface area contributed by atoms with E-state index in [1.165, 1.54) is 32.7 Å². The Morgan fingerprint density at radius 2 is 0.736 bits per heavy atom. The molecule has 0 saturated heterocycles. The number of nitrogens with zero attached hydrogens (tertiary/aromatic N) is 6. The summed E-state index contributed by atoms with van der Waals surface area (Å²) < 4.78 is 4.88. The van der Waals surface area contributed by atoms with Gasteiger partial charge in [-0.3, -0.25) is 0 Å². The number of hydrogen-bond acceptors (Lipinski definition) is 4. The van der Waals surface area contributed by atoms with E-state index in [9.17, 15) is 5.26 Å². The fourth-order valence-corrected chi connectivity index (χ4v) is 10.3. The van der Waals surface area contributed by atoms with Crippen LogP contribution in [0, 0.1) is 11.3 Å². The monoisotopic (exact) mass is 928 g/mol. The largest absolute Gasteiger partial charge is 0.309 e. The maximum Gasteiger partial charge on any atom is 0.164 e. The van der Waals surface area contributed by atoms with Gasteiger partial charge >= 0.3 is 0 Å². The molecule has 0 N–H and O–H groups in total. The van der Waals surface area contributed by atoms with E-state index >= 15 is 0 Å². The molecule has 3 aromatic heterocycles. The van der Waals surface area contributed by atoms with Crippen molar-refractivity contribution in [1.29, 1.82) is 5.26 Å². The van der Waals surface area contributed by atoms with Crippen molar-refractivity contribution in [3.8, 4) is 73.9 Å². The van der Waals surface area contributed by atoms with Crippen molar-refractivity contribution in [2.45, 2.75) is 52.4 Å². The third-order valence-corrected chi connectivity index (χ3v) is 14.1. The van der Waals surface area contributed by atoms with Crippen molar-refractivity contribution < 1.29 is 0 Å². The number of hydrogen-bond donors (Lipinski definition) is 0. The zero-order chi connectivity index (χ0) is 49.3. The molecule has 0 fully saturated rings. The Morgan fingerprint density at radius 3 is 1.19 bits per heavy atom. The van der Waals surface area contributed by atoms with Crippen LogP contribution in [0.3, 0.4) is 0 Å². The second-order valence-electron chi connectivity index (χ2n) is 20.9. The summed E-state index contributed by atoms with van der Waals surface area (Å²) in [7, 11) is 0. The van der Waals surface area contributed by atoms with Gasteiger partial charge in [-0.2, -0.15) is 5.26 Å². The van der Waals surface area contributed by atoms with Crippen LogP contribution in [0.4, 0.5) is 0 Å². The van der Waals surface area contributed by atoms with Crippen molar-refractivity contribution in [2.24, 2.45) is 0 Å². The second-order valence-corrected chi connectivity index (χ2v) is 20.9. The van der Waals surface area contributed by atoms with Gasteiger partial charge in [0.2, 0.25) is 0 Å². The Labute approximate surface area is 420 Å². The molecule has 12 rings (SSSR count). The molecule has 9 aromatic carbocycles. The van der Waals surface area contributed by atoms with Crippen molar-refractivity contribution in [3.63, 3.8) is 0 Å². The molecular weight excluding hydrogens is 877 g/mol. The third-order valence-electron chi connectivity index (χ3n) is 14.1. The molecule has 0 bridgehead atoms. The number of para-hydroxylation sites is 2. The van der Waals surface area contributed by atoms with Crippen LogP contribution < -0.4 is 0 Å². The molecule has 3 heterocycles. The number of aromatic nitrogens is 5. The molecule has 6 heteroatoms. The summed E-state index contributed by atoms with van der Waals surface area (Å²) in [6, 6.07) is 75.5. The van der Waals surface area contributed by atoms with Crippen LogP contribution in [0.2, 0.25) is 0 Å². The van der Waals surface area contributed by atoms with E-state index in [-0.39, 0.29) is 10.8 Å². The van der Waals surface area contributed by atoms with E-state index in [1.807, 2.05) is 84.9 Å². The van der Waals surface area contributed by atoms with Gasteiger partial charge in [0.1, 0.15) is 0 Å². The highest BCUT2D eigenvalue weighted by atomic mass is 15.0. The molecule has 0 amide bonds. The molecule has 0 spiro atoms. The van der Waals surface area contributed by atoms with Gasteiger partial charge in [0, 0.05) is 49.4 Å². The molecule has 0 radical (unpaired) electrons. The van der Waals surface area contributed by atoms with Gasteiger partial charge in [-0.15, -0.1) is 0 Å². The number of benzene rings is 9. The fourth-order valence-electron chi connectivity index (χ4n) is 10.3. The Hall–Kier alpha value is -8.92. The Bertz CT molecular complexity index is 4040. The first-order chi connectivity index (χ1) is 34.9. The highest BCUT2D eigenvalue weighted by Crippen LogP contribution is 2.45. The Kier molecular flexibility index (Phi) is 10.6. The molecule has 0 aliphatic carbocycles. The molecule has 72 heavy (non-hydrogen) atoms. The van der Waals surface area contributed by atoms with Gasteiger partial charge in [0.05, 0.1) is 45.1 Å². The third kappa shape index (κ3) is 7.71. The lowest BCUT2D eigenvalue weighted by atomic mass is 9.86. The summed E-state index contributed by atoms with van der Waals surface area (Å²) in [5.74, 6) is 1.78. The van der Waals surface area contributed by atoms with Crippen LogP contribution in [0.5, 0.6) is 0 Å². The van der Waals surface area contributed by atoms with Crippen LogP contribution in [-0.4, -0.2) is 24.1 Å². The van der Waals surface area contributed by atoms with Crippen molar-refractivity contribution in [2.75, 3.05) is 0 Å². The van der Waals surface area contributed by atoms with Gasteiger partial charge < -0.3 is 9.13 Å². The predicted molar refractivity (Wildman–Crippen MR) is 298 cm³/mol. The second kappa shape index (κ2) is 17.2. The number of fused-ring (bicyclic) bond motifs is 6. The van der Waals surface area contributed by atoms with E-state index in [0.29, 0.717) is 23.0 Å². The highest BCUT2D eigenvalue weighted by Gasteiger charge is 2.25. The molecule has 12 aromatic rings. The van der Waals surface area contributed by atoms with E-state index in [2.05, 4.69) is 178 Å². The molecule has 0 aliphatic heterocycles. The molecule has 0 unspecified atom stereocenters. The Morgan fingerprint density at radius 1 is 0.347 bits per heavy atom. The van der Waals surface area contributed by atoms with E-state index in [4.69, 9.17) is 15.0 Å². The van der Waals surface area contributed by atoms with Crippen LogP contribution >= 0.6 is 0 Å². The minimum atomic E-state index is -0.0390. The van der Waals surface area contributed by atoms with Gasteiger partial charge in [-0.25, -0.2) is 15.0 Å². The lowest BCUT2D eigenvalue weighted by molar-refractivity contribution is 0.591. The molecule has 346 valence electrons. The standard InChI is InChI=1S/C66H52N6/c1-65(2,3)48-31-35-60-54(39-48)50-21-13-15-23-56(50)71(60)58-33-29-46(43-27-25-42(41-67)26-28-43)37-52(58)53-38-47(64-69-62(44-17-9-7-10-18-44)68-63(70-64)45-19-11-8-12-20-45)30-34-59(53)72-57-24-16-14-22-51(57)55-40-49(66(4,5)6)32-36-61(55)72/h7-40H,1-6H3. The molecule has 6 nitrogen and oxygen atoms in total. The summed E-state index contributed by atoms with van der Waals surface area (Å²) in [5, 5.41) is 14.6. The number of rotatable bonds is 7. The van der Waals surface area contributed by atoms with Crippen LogP contribution in [0.25, 0.3) is 111 Å². The molecule has 0 atom stereocenters. The normalized spacial score (nSPS) is 12.0. The van der Waals surface area contributed by atoms with Gasteiger partial charge in [0.25, 0.3) is 0 Å². The van der Waals surface area contributed by atoms with Gasteiger partial charge in [-0.1, -0.05) is 169 Å². The molecular formula is C66H52N6. The van der Waals surface area contributed by atoms with E-state index < -0.39 is 0 Å². The van der Waals surface area contributed by atoms with Gasteiger partial charge in [0.15, 0.2) is 17.5 Å². The highest BCUT2D eigenvalue weighted by molar-refractivity contribution is 6.12. The minimum absolute atomic E-state index is 0.0353. The Balaban J connectivity index is 1.21. The first-order valence-corrected chi connectivity index (χ1v) is 24.7. The van der Waals surface area contributed by atoms with Crippen LogP contribution in [0.15, 0.2) is 206 Å². The lowest BCUT2D eigenvalue weighted by Gasteiger charge is -2.22. The summed E-state index contributed by atoms with van der Waals surface area (Å²) in [6.07, 6.45) is 0. The van der Waals surface area contributed by atoms with Crippen molar-refractivity contribution in [1.82, 2.24) is 24.1 Å². The quantitative estimate of drug-likeness (QED) is 0.160. The zero-order valence-electron chi connectivity index (χ0n) is 41.3. The van der Waals surface area contributed by atoms with Crippen molar-refractivity contribution >= 4 is 43.6 Å². The zero-order valence-corrected chi connectivity index (χ0v) is 41.3. The maximum absolute atomic E-state index is 9.81. The predicted octanol–water partition coefficient (Wildman–Crippen LogP) is 16.9. The average molecular weight is 929 g/mol. The van der Waals surface area contributed by atoms with E-state index in [1.54, 1.807) is 0 Å². The van der Waals surface area contributed by atoms with Crippen LogP contribution in [0.1, 0.15) is 58.2 Å². The topological polar surface area (TPSA) is 72.3 Å². The summed E-state index contributed by atoms with van der Waals surface area (Å²) >= 11 is 0. The minimum Gasteiger partial charge on any atom is -0.309 e. The van der Waals surface area contributed by atoms with Gasteiger partial charge in [-0.05, 0) is 112 Å². The average Bonchev–Trinajstić information content (AvgIpc) is 3.92.